The van der Waals surface area contributed by atoms with Crippen LogP contribution in [0.4, 0.5) is 0 Å². The highest BCUT2D eigenvalue weighted by atomic mass is 32.2. The monoisotopic (exact) mass is 246 g/mol. The first-order valence-electron chi connectivity index (χ1n) is 5.47. The van der Waals surface area contributed by atoms with Crippen LogP contribution in [0, 0.1) is 0 Å². The van der Waals surface area contributed by atoms with Gasteiger partial charge in [0.25, 0.3) is 0 Å². The van der Waals surface area contributed by atoms with Crippen molar-refractivity contribution in [3.8, 4) is 5.75 Å². The van der Waals surface area contributed by atoms with Gasteiger partial charge >= 0.3 is 0 Å². The van der Waals surface area contributed by atoms with Gasteiger partial charge in [0.1, 0.15) is 12.4 Å². The van der Waals surface area contributed by atoms with Crippen LogP contribution in [0.25, 0.3) is 0 Å². The molecule has 88 valence electrons. The summed E-state index contributed by atoms with van der Waals surface area (Å²) in [5.41, 5.74) is 0. The number of rotatable bonds is 5. The summed E-state index contributed by atoms with van der Waals surface area (Å²) in [4.78, 5) is 0.851. The number of ether oxygens (including phenoxy) is 1. The Labute approximate surface area is 104 Å². The van der Waals surface area contributed by atoms with Crippen molar-refractivity contribution in [2.45, 2.75) is 4.90 Å². The molecule has 0 bridgehead atoms. The first kappa shape index (κ1) is 11.9. The number of hydrogen-bond donors (Lipinski definition) is 0. The molecule has 0 aliphatic rings. The number of benzene rings is 2. The van der Waals surface area contributed by atoms with Gasteiger partial charge in [-0.3, -0.25) is 4.21 Å². The molecule has 0 saturated carbocycles. The van der Waals surface area contributed by atoms with Crippen molar-refractivity contribution >= 4 is 10.8 Å². The Morgan fingerprint density at radius 1 is 0.882 bits per heavy atom. The lowest BCUT2D eigenvalue weighted by atomic mass is 10.3. The van der Waals surface area contributed by atoms with E-state index in [4.69, 9.17) is 4.74 Å². The summed E-state index contributed by atoms with van der Waals surface area (Å²) < 4.78 is 17.4. The van der Waals surface area contributed by atoms with Crippen molar-refractivity contribution in [1.82, 2.24) is 0 Å². The minimum atomic E-state index is -0.982. The number of hydrogen-bond acceptors (Lipinski definition) is 2. The maximum Gasteiger partial charge on any atom is 0.119 e. The minimum absolute atomic E-state index is 0.464. The molecule has 0 heterocycles. The van der Waals surface area contributed by atoms with E-state index in [2.05, 4.69) is 0 Å². The molecule has 0 aliphatic heterocycles. The lowest BCUT2D eigenvalue weighted by molar-refractivity contribution is 0.342. The van der Waals surface area contributed by atoms with Gasteiger partial charge in [-0.1, -0.05) is 36.4 Å². The molecule has 2 aromatic carbocycles. The van der Waals surface area contributed by atoms with Gasteiger partial charge in [-0.25, -0.2) is 0 Å². The average Bonchev–Trinajstić information content (AvgIpc) is 2.41. The molecule has 1 atom stereocenters. The maximum atomic E-state index is 11.9. The van der Waals surface area contributed by atoms with Crippen molar-refractivity contribution in [3.05, 3.63) is 60.7 Å². The molecular weight excluding hydrogens is 232 g/mol. The van der Waals surface area contributed by atoms with E-state index in [9.17, 15) is 4.21 Å². The van der Waals surface area contributed by atoms with Gasteiger partial charge in [-0.2, -0.15) is 0 Å². The Hall–Kier alpha value is -1.61. The van der Waals surface area contributed by atoms with Crippen LogP contribution in [0.3, 0.4) is 0 Å². The molecule has 1 unspecified atom stereocenters. The normalized spacial score (nSPS) is 12.0. The maximum absolute atomic E-state index is 11.9. The van der Waals surface area contributed by atoms with Gasteiger partial charge in [-0.15, -0.1) is 0 Å². The second-order valence-electron chi connectivity index (χ2n) is 3.52. The lowest BCUT2D eigenvalue weighted by Gasteiger charge is -2.05. The van der Waals surface area contributed by atoms with Crippen molar-refractivity contribution in [3.63, 3.8) is 0 Å². The summed E-state index contributed by atoms with van der Waals surface area (Å²) in [6.45, 7) is 0.464. The standard InChI is InChI=1S/C14H14O2S/c15-17(14-9-5-2-6-10-14)12-11-16-13-7-3-1-4-8-13/h1-10H,11-12H2. The van der Waals surface area contributed by atoms with E-state index in [0.717, 1.165) is 10.6 Å². The smallest absolute Gasteiger partial charge is 0.119 e. The van der Waals surface area contributed by atoms with Crippen LogP contribution in [0.15, 0.2) is 65.6 Å². The van der Waals surface area contributed by atoms with Crippen LogP contribution in [0.5, 0.6) is 5.75 Å². The zero-order valence-electron chi connectivity index (χ0n) is 9.41. The average molecular weight is 246 g/mol. The van der Waals surface area contributed by atoms with Crippen molar-refractivity contribution in [1.29, 1.82) is 0 Å². The Kier molecular flexibility index (Phi) is 4.33. The highest BCUT2D eigenvalue weighted by Crippen LogP contribution is 2.09. The fourth-order valence-electron chi connectivity index (χ4n) is 1.44. The van der Waals surface area contributed by atoms with E-state index in [1.165, 1.54) is 0 Å². The summed E-state index contributed by atoms with van der Waals surface area (Å²) >= 11 is 0. The predicted octanol–water partition coefficient (Wildman–Crippen LogP) is 2.87. The van der Waals surface area contributed by atoms with Gasteiger partial charge in [-0.05, 0) is 24.3 Å². The fraction of sp³-hybridized carbons (Fsp3) is 0.143. The van der Waals surface area contributed by atoms with Gasteiger partial charge in [0.2, 0.25) is 0 Å². The fourth-order valence-corrected chi connectivity index (χ4v) is 2.37. The third-order valence-electron chi connectivity index (χ3n) is 2.29. The zero-order chi connectivity index (χ0) is 11.9. The quantitative estimate of drug-likeness (QED) is 0.811. The molecule has 2 nitrogen and oxygen atoms in total. The number of para-hydroxylation sites is 1. The summed E-state index contributed by atoms with van der Waals surface area (Å²) in [6.07, 6.45) is 0. The lowest BCUT2D eigenvalue weighted by Crippen LogP contribution is -2.08. The van der Waals surface area contributed by atoms with Crippen molar-refractivity contribution < 1.29 is 8.95 Å². The van der Waals surface area contributed by atoms with E-state index in [-0.39, 0.29) is 0 Å². The first-order chi connectivity index (χ1) is 8.36. The van der Waals surface area contributed by atoms with Crippen molar-refractivity contribution in [2.75, 3.05) is 12.4 Å². The molecule has 0 amide bonds. The third kappa shape index (κ3) is 3.71. The van der Waals surface area contributed by atoms with E-state index in [1.54, 1.807) is 0 Å². The van der Waals surface area contributed by atoms with Crippen LogP contribution in [-0.2, 0) is 10.8 Å². The molecule has 0 saturated heterocycles. The molecular formula is C14H14O2S. The summed E-state index contributed by atoms with van der Waals surface area (Å²) in [5.74, 6) is 1.33. The van der Waals surface area contributed by atoms with E-state index in [0.29, 0.717) is 12.4 Å². The Bertz CT molecular complexity index is 468. The zero-order valence-corrected chi connectivity index (χ0v) is 10.2. The Morgan fingerprint density at radius 3 is 2.12 bits per heavy atom. The molecule has 0 aromatic heterocycles. The topological polar surface area (TPSA) is 26.3 Å². The van der Waals surface area contributed by atoms with Crippen LogP contribution in [0.1, 0.15) is 0 Å². The van der Waals surface area contributed by atoms with Crippen molar-refractivity contribution in [2.24, 2.45) is 0 Å². The molecule has 2 rings (SSSR count). The molecule has 0 fully saturated rings. The van der Waals surface area contributed by atoms with Crippen LogP contribution >= 0.6 is 0 Å². The Balaban J connectivity index is 1.82. The Morgan fingerprint density at radius 2 is 1.47 bits per heavy atom. The van der Waals surface area contributed by atoms with Gasteiger partial charge in [0, 0.05) is 4.90 Å². The molecule has 0 N–H and O–H groups in total. The summed E-state index contributed by atoms with van der Waals surface area (Å²) in [6, 6.07) is 19.0. The largest absolute Gasteiger partial charge is 0.493 e. The van der Waals surface area contributed by atoms with Crippen LogP contribution in [-0.4, -0.2) is 16.6 Å². The molecule has 0 spiro atoms. The predicted molar refractivity (Wildman–Crippen MR) is 69.7 cm³/mol. The summed E-state index contributed by atoms with van der Waals surface area (Å²) in [5, 5.41) is 0. The summed E-state index contributed by atoms with van der Waals surface area (Å²) in [7, 11) is -0.982. The van der Waals surface area contributed by atoms with E-state index >= 15 is 0 Å². The molecule has 17 heavy (non-hydrogen) atoms. The second kappa shape index (κ2) is 6.21. The van der Waals surface area contributed by atoms with Crippen LogP contribution in [0.2, 0.25) is 0 Å². The minimum Gasteiger partial charge on any atom is -0.493 e. The van der Waals surface area contributed by atoms with Gasteiger partial charge < -0.3 is 4.74 Å². The van der Waals surface area contributed by atoms with E-state index in [1.807, 2.05) is 60.7 Å². The van der Waals surface area contributed by atoms with Gasteiger partial charge in [0.05, 0.1) is 16.6 Å². The third-order valence-corrected chi connectivity index (χ3v) is 3.62. The molecule has 3 heteroatoms. The highest BCUT2D eigenvalue weighted by Gasteiger charge is 2.02. The van der Waals surface area contributed by atoms with E-state index < -0.39 is 10.8 Å². The second-order valence-corrected chi connectivity index (χ2v) is 5.09. The SMILES string of the molecule is O=S(CCOc1ccccc1)c1ccccc1. The first-order valence-corrected chi connectivity index (χ1v) is 6.79. The molecule has 0 aliphatic carbocycles. The van der Waals surface area contributed by atoms with Crippen LogP contribution < -0.4 is 4.74 Å². The van der Waals surface area contributed by atoms with Gasteiger partial charge in [0.15, 0.2) is 0 Å². The molecule has 2 aromatic rings. The highest BCUT2D eigenvalue weighted by molar-refractivity contribution is 7.85. The molecule has 0 radical (unpaired) electrons.